The zero-order valence-electron chi connectivity index (χ0n) is 20.3. The number of amides is 2. The van der Waals surface area contributed by atoms with Gasteiger partial charge in [-0.1, -0.05) is 63.2 Å². The number of rotatable bonds is 8. The number of carbonyl (C=O) groups excluding carboxylic acids is 2. The lowest BCUT2D eigenvalue weighted by atomic mass is 9.92. The van der Waals surface area contributed by atoms with Gasteiger partial charge in [-0.15, -0.1) is 11.8 Å². The standard InChI is InChI=1S/C28H30N2O4S/c1-18-13-14-20(27(33)34)15-23(18)30-26(32)25(19-9-6-5-7-10-19)35-22-12-8-11-21(16-22)29-24(31)17-28(2,3)4/h5-16,25H,17H2,1-4H3,(H,29,31)(H,30,32)(H,33,34). The number of carbonyl (C=O) groups is 3. The first-order valence-corrected chi connectivity index (χ1v) is 12.2. The normalized spacial score (nSPS) is 12.0. The van der Waals surface area contributed by atoms with Crippen LogP contribution in [0.3, 0.4) is 0 Å². The van der Waals surface area contributed by atoms with Crippen LogP contribution in [0.1, 0.15) is 53.9 Å². The largest absolute Gasteiger partial charge is 0.478 e. The highest BCUT2D eigenvalue weighted by Gasteiger charge is 2.23. The third kappa shape index (κ3) is 7.72. The fourth-order valence-electron chi connectivity index (χ4n) is 3.46. The number of nitrogens with one attached hydrogen (secondary N) is 2. The molecule has 1 atom stereocenters. The molecule has 0 spiro atoms. The van der Waals surface area contributed by atoms with E-state index in [1.54, 1.807) is 6.07 Å². The van der Waals surface area contributed by atoms with Gasteiger partial charge >= 0.3 is 5.97 Å². The third-order valence-corrected chi connectivity index (χ3v) is 6.39. The number of hydrogen-bond acceptors (Lipinski definition) is 4. The van der Waals surface area contributed by atoms with Crippen LogP contribution in [-0.2, 0) is 9.59 Å². The van der Waals surface area contributed by atoms with Crippen LogP contribution in [0, 0.1) is 12.3 Å². The highest BCUT2D eigenvalue weighted by Crippen LogP contribution is 2.37. The molecular weight excluding hydrogens is 460 g/mol. The molecule has 3 N–H and O–H groups in total. The van der Waals surface area contributed by atoms with Gasteiger partial charge in [-0.25, -0.2) is 4.79 Å². The van der Waals surface area contributed by atoms with Crippen LogP contribution in [-0.4, -0.2) is 22.9 Å². The first kappa shape index (κ1) is 26.0. The first-order chi connectivity index (χ1) is 16.5. The molecular formula is C28H30N2O4S. The zero-order chi connectivity index (χ0) is 25.6. The first-order valence-electron chi connectivity index (χ1n) is 11.3. The molecule has 0 saturated carbocycles. The highest BCUT2D eigenvalue weighted by atomic mass is 32.2. The average Bonchev–Trinajstić information content (AvgIpc) is 2.78. The van der Waals surface area contributed by atoms with Crippen LogP contribution >= 0.6 is 11.8 Å². The summed E-state index contributed by atoms with van der Waals surface area (Å²) in [6.07, 6.45) is 0.397. The van der Waals surface area contributed by atoms with E-state index in [2.05, 4.69) is 10.6 Å². The summed E-state index contributed by atoms with van der Waals surface area (Å²) in [5.74, 6) is -1.39. The van der Waals surface area contributed by atoms with Crippen molar-refractivity contribution in [3.63, 3.8) is 0 Å². The Morgan fingerprint density at radius 1 is 0.914 bits per heavy atom. The van der Waals surface area contributed by atoms with E-state index >= 15 is 0 Å². The summed E-state index contributed by atoms with van der Waals surface area (Å²) in [6.45, 7) is 7.84. The quantitative estimate of drug-likeness (QED) is 0.312. The van der Waals surface area contributed by atoms with Crippen LogP contribution in [0.2, 0.25) is 0 Å². The monoisotopic (exact) mass is 490 g/mol. The Hall–Kier alpha value is -3.58. The smallest absolute Gasteiger partial charge is 0.335 e. The highest BCUT2D eigenvalue weighted by molar-refractivity contribution is 8.00. The topological polar surface area (TPSA) is 95.5 Å². The SMILES string of the molecule is Cc1ccc(C(=O)O)cc1NC(=O)C(Sc1cccc(NC(=O)CC(C)(C)C)c1)c1ccccc1. The molecule has 0 aromatic heterocycles. The zero-order valence-corrected chi connectivity index (χ0v) is 21.1. The third-order valence-electron chi connectivity index (χ3n) is 5.15. The van der Waals surface area contributed by atoms with Gasteiger partial charge in [-0.05, 0) is 53.8 Å². The van der Waals surface area contributed by atoms with Crippen molar-refractivity contribution in [2.24, 2.45) is 5.41 Å². The summed E-state index contributed by atoms with van der Waals surface area (Å²) in [5, 5.41) is 14.6. The molecule has 0 aliphatic rings. The lowest BCUT2D eigenvalue weighted by Crippen LogP contribution is -2.20. The Kier molecular flexibility index (Phi) is 8.35. The number of benzene rings is 3. The van der Waals surface area contributed by atoms with Gasteiger partial charge in [0.25, 0.3) is 0 Å². The molecule has 3 aromatic rings. The lowest BCUT2D eigenvalue weighted by molar-refractivity contribution is -0.118. The Morgan fingerprint density at radius 3 is 2.29 bits per heavy atom. The maximum Gasteiger partial charge on any atom is 0.335 e. The molecule has 0 heterocycles. The van der Waals surface area contributed by atoms with Crippen molar-refractivity contribution < 1.29 is 19.5 Å². The van der Waals surface area contributed by atoms with Crippen molar-refractivity contribution in [3.05, 3.63) is 89.5 Å². The van der Waals surface area contributed by atoms with Crippen LogP contribution in [0.15, 0.2) is 77.7 Å². The predicted octanol–water partition coefficient (Wildman–Crippen LogP) is 6.54. The van der Waals surface area contributed by atoms with Crippen molar-refractivity contribution >= 4 is 40.9 Å². The average molecular weight is 491 g/mol. The van der Waals surface area contributed by atoms with Crippen molar-refractivity contribution in [1.29, 1.82) is 0 Å². The van der Waals surface area contributed by atoms with Gasteiger partial charge in [0.2, 0.25) is 11.8 Å². The van der Waals surface area contributed by atoms with E-state index in [1.807, 2.05) is 82.3 Å². The number of carboxylic acids is 1. The minimum atomic E-state index is -1.06. The molecule has 3 rings (SSSR count). The van der Waals surface area contributed by atoms with E-state index in [9.17, 15) is 19.5 Å². The van der Waals surface area contributed by atoms with Crippen LogP contribution in [0.5, 0.6) is 0 Å². The summed E-state index contributed by atoms with van der Waals surface area (Å²) >= 11 is 1.36. The van der Waals surface area contributed by atoms with E-state index in [-0.39, 0.29) is 22.8 Å². The van der Waals surface area contributed by atoms with E-state index in [0.29, 0.717) is 17.8 Å². The molecule has 182 valence electrons. The van der Waals surface area contributed by atoms with Crippen molar-refractivity contribution in [2.45, 2.75) is 44.3 Å². The van der Waals surface area contributed by atoms with Crippen LogP contribution in [0.25, 0.3) is 0 Å². The minimum absolute atomic E-state index is 0.0641. The predicted molar refractivity (Wildman–Crippen MR) is 141 cm³/mol. The van der Waals surface area contributed by atoms with Crippen LogP contribution in [0.4, 0.5) is 11.4 Å². The van der Waals surface area contributed by atoms with E-state index in [1.165, 1.54) is 23.9 Å². The van der Waals surface area contributed by atoms with Crippen molar-refractivity contribution in [2.75, 3.05) is 10.6 Å². The van der Waals surface area contributed by atoms with Gasteiger partial charge in [0.05, 0.1) is 5.56 Å². The molecule has 0 saturated heterocycles. The fourth-order valence-corrected chi connectivity index (χ4v) is 4.54. The maximum absolute atomic E-state index is 13.4. The van der Waals surface area contributed by atoms with Crippen LogP contribution < -0.4 is 10.6 Å². The summed E-state index contributed by atoms with van der Waals surface area (Å²) in [4.78, 5) is 38.0. The minimum Gasteiger partial charge on any atom is -0.478 e. The Balaban J connectivity index is 1.84. The van der Waals surface area contributed by atoms with E-state index in [4.69, 9.17) is 0 Å². The maximum atomic E-state index is 13.4. The summed E-state index contributed by atoms with van der Waals surface area (Å²) in [6, 6.07) is 21.4. The molecule has 2 amide bonds. The Labute approximate surface area is 210 Å². The lowest BCUT2D eigenvalue weighted by Gasteiger charge is -2.19. The molecule has 3 aromatic carbocycles. The molecule has 0 aliphatic heterocycles. The van der Waals surface area contributed by atoms with Gasteiger partial charge in [0, 0.05) is 22.7 Å². The number of aryl methyl sites for hydroxylation is 1. The van der Waals surface area contributed by atoms with Gasteiger partial charge in [-0.2, -0.15) is 0 Å². The van der Waals surface area contributed by atoms with E-state index in [0.717, 1.165) is 16.0 Å². The van der Waals surface area contributed by atoms with Crippen molar-refractivity contribution in [1.82, 2.24) is 0 Å². The van der Waals surface area contributed by atoms with Crippen molar-refractivity contribution in [3.8, 4) is 0 Å². The van der Waals surface area contributed by atoms with Gasteiger partial charge in [0.15, 0.2) is 0 Å². The second-order valence-corrected chi connectivity index (χ2v) is 10.7. The van der Waals surface area contributed by atoms with Gasteiger partial charge in [0.1, 0.15) is 5.25 Å². The number of aromatic carboxylic acids is 1. The van der Waals surface area contributed by atoms with E-state index < -0.39 is 11.2 Å². The summed E-state index contributed by atoms with van der Waals surface area (Å²) in [7, 11) is 0. The molecule has 1 unspecified atom stereocenters. The molecule has 0 radical (unpaired) electrons. The summed E-state index contributed by atoms with van der Waals surface area (Å²) < 4.78 is 0. The second kappa shape index (κ2) is 11.2. The fraction of sp³-hybridized carbons (Fsp3) is 0.250. The number of hydrogen-bond donors (Lipinski definition) is 3. The molecule has 0 fully saturated rings. The number of anilines is 2. The Bertz CT molecular complexity index is 1220. The molecule has 35 heavy (non-hydrogen) atoms. The van der Waals surface area contributed by atoms with Gasteiger partial charge < -0.3 is 15.7 Å². The molecule has 6 nitrogen and oxygen atoms in total. The Morgan fingerprint density at radius 2 is 1.63 bits per heavy atom. The van der Waals surface area contributed by atoms with Gasteiger partial charge in [-0.3, -0.25) is 9.59 Å². The summed E-state index contributed by atoms with van der Waals surface area (Å²) in [5.41, 5.74) is 2.69. The molecule has 7 heteroatoms. The number of thioether (sulfide) groups is 1. The molecule has 0 bridgehead atoms. The molecule has 0 aliphatic carbocycles. The second-order valence-electron chi connectivity index (χ2n) is 9.55. The number of carboxylic acid groups (broad SMARTS) is 1.